The molecule has 0 radical (unpaired) electrons. The average Bonchev–Trinajstić information content (AvgIpc) is 2.87. The molecule has 2 rings (SSSR count). The van der Waals surface area contributed by atoms with Crippen molar-refractivity contribution in [1.29, 1.82) is 0 Å². The zero-order valence-electron chi connectivity index (χ0n) is 12.6. The lowest BCUT2D eigenvalue weighted by atomic mass is 9.84. The number of nitrogens with zero attached hydrogens (tertiary/aromatic N) is 2. The molecule has 1 aromatic heterocycles. The van der Waals surface area contributed by atoms with Crippen LogP contribution in [0.15, 0.2) is 28.8 Å². The van der Waals surface area contributed by atoms with Gasteiger partial charge in [-0.1, -0.05) is 31.1 Å². The van der Waals surface area contributed by atoms with Crippen LogP contribution in [-0.4, -0.2) is 16.7 Å². The smallest absolute Gasteiger partial charge is 0.226 e. The quantitative estimate of drug-likeness (QED) is 0.851. The lowest BCUT2D eigenvalue weighted by molar-refractivity contribution is 0.289. The Balaban J connectivity index is 1.91. The van der Waals surface area contributed by atoms with E-state index in [4.69, 9.17) is 10.3 Å². The Morgan fingerprint density at radius 1 is 1.19 bits per heavy atom. The Morgan fingerprint density at radius 2 is 1.90 bits per heavy atom. The molecule has 0 bridgehead atoms. The van der Waals surface area contributed by atoms with Crippen molar-refractivity contribution in [3.63, 3.8) is 0 Å². The van der Waals surface area contributed by atoms with E-state index >= 15 is 0 Å². The molecule has 5 heteroatoms. The standard InChI is InChI=1S/C16H22FN3O/c1-16(2,9-10-18)8-7-15-19-14(20-21-15)11-12-3-5-13(17)6-4-12/h3-6H,7-11,18H2,1-2H3. The molecule has 0 fully saturated rings. The van der Waals surface area contributed by atoms with Crippen LogP contribution >= 0.6 is 0 Å². The second-order valence-electron chi connectivity index (χ2n) is 6.11. The summed E-state index contributed by atoms with van der Waals surface area (Å²) in [4.78, 5) is 4.39. The first kappa shape index (κ1) is 15.6. The SMILES string of the molecule is CC(C)(CCN)CCc1nc(Cc2ccc(F)cc2)no1. The third-order valence-electron chi connectivity index (χ3n) is 3.62. The van der Waals surface area contributed by atoms with Crippen molar-refractivity contribution in [2.24, 2.45) is 11.1 Å². The van der Waals surface area contributed by atoms with E-state index in [1.165, 1.54) is 12.1 Å². The van der Waals surface area contributed by atoms with Gasteiger partial charge >= 0.3 is 0 Å². The van der Waals surface area contributed by atoms with Gasteiger partial charge in [0.2, 0.25) is 5.89 Å². The average molecular weight is 291 g/mol. The predicted octanol–water partition coefficient (Wildman–Crippen LogP) is 3.11. The van der Waals surface area contributed by atoms with E-state index in [2.05, 4.69) is 24.0 Å². The first-order chi connectivity index (χ1) is 9.98. The summed E-state index contributed by atoms with van der Waals surface area (Å²) in [5.74, 6) is 1.04. The van der Waals surface area contributed by atoms with Gasteiger partial charge in [0, 0.05) is 12.8 Å². The van der Waals surface area contributed by atoms with Crippen molar-refractivity contribution >= 4 is 0 Å². The molecular weight excluding hydrogens is 269 g/mol. The van der Waals surface area contributed by atoms with E-state index in [0.717, 1.165) is 24.8 Å². The van der Waals surface area contributed by atoms with Crippen LogP contribution in [0.4, 0.5) is 4.39 Å². The molecule has 0 saturated carbocycles. The molecule has 2 aromatic rings. The number of aromatic nitrogens is 2. The molecule has 0 atom stereocenters. The highest BCUT2D eigenvalue weighted by Gasteiger charge is 2.18. The Hall–Kier alpha value is -1.75. The van der Waals surface area contributed by atoms with E-state index < -0.39 is 0 Å². The van der Waals surface area contributed by atoms with Crippen LogP contribution in [-0.2, 0) is 12.8 Å². The van der Waals surface area contributed by atoms with Crippen LogP contribution in [0.3, 0.4) is 0 Å². The highest BCUT2D eigenvalue weighted by atomic mass is 19.1. The van der Waals surface area contributed by atoms with E-state index in [0.29, 0.717) is 24.7 Å². The van der Waals surface area contributed by atoms with Crippen molar-refractivity contribution in [3.8, 4) is 0 Å². The third-order valence-corrected chi connectivity index (χ3v) is 3.62. The summed E-state index contributed by atoms with van der Waals surface area (Å²) >= 11 is 0. The zero-order chi connectivity index (χ0) is 15.3. The van der Waals surface area contributed by atoms with Gasteiger partial charge in [-0.3, -0.25) is 0 Å². The van der Waals surface area contributed by atoms with Crippen LogP contribution in [0, 0.1) is 11.2 Å². The highest BCUT2D eigenvalue weighted by Crippen LogP contribution is 2.25. The number of rotatable bonds is 7. The number of benzene rings is 1. The Labute approximate surface area is 124 Å². The van der Waals surface area contributed by atoms with Crippen molar-refractivity contribution in [3.05, 3.63) is 47.4 Å². The number of halogens is 1. The lowest BCUT2D eigenvalue weighted by Gasteiger charge is -2.22. The zero-order valence-corrected chi connectivity index (χ0v) is 12.6. The molecule has 0 spiro atoms. The third kappa shape index (κ3) is 4.93. The summed E-state index contributed by atoms with van der Waals surface area (Å²) in [5.41, 5.74) is 6.75. The van der Waals surface area contributed by atoms with Gasteiger partial charge in [0.05, 0.1) is 0 Å². The topological polar surface area (TPSA) is 64.9 Å². The summed E-state index contributed by atoms with van der Waals surface area (Å²) in [6, 6.07) is 6.34. The van der Waals surface area contributed by atoms with Gasteiger partial charge in [0.15, 0.2) is 5.82 Å². The molecule has 1 heterocycles. The minimum Gasteiger partial charge on any atom is -0.339 e. The largest absolute Gasteiger partial charge is 0.339 e. The predicted molar refractivity (Wildman–Crippen MR) is 79.3 cm³/mol. The van der Waals surface area contributed by atoms with Gasteiger partial charge in [-0.15, -0.1) is 0 Å². The summed E-state index contributed by atoms with van der Waals surface area (Å²) in [6.07, 6.45) is 3.24. The highest BCUT2D eigenvalue weighted by molar-refractivity contribution is 5.19. The first-order valence-electron chi connectivity index (χ1n) is 7.24. The summed E-state index contributed by atoms with van der Waals surface area (Å²) in [5, 5.41) is 3.98. The van der Waals surface area contributed by atoms with Gasteiger partial charge in [0.1, 0.15) is 5.82 Å². The normalized spacial score (nSPS) is 11.8. The van der Waals surface area contributed by atoms with Crippen LogP contribution in [0.2, 0.25) is 0 Å². The maximum atomic E-state index is 12.8. The van der Waals surface area contributed by atoms with Gasteiger partial charge in [-0.05, 0) is 42.5 Å². The van der Waals surface area contributed by atoms with Gasteiger partial charge in [-0.2, -0.15) is 4.98 Å². The fourth-order valence-electron chi connectivity index (χ4n) is 2.21. The molecule has 0 saturated heterocycles. The van der Waals surface area contributed by atoms with Crippen LogP contribution in [0.25, 0.3) is 0 Å². The molecule has 1 aromatic carbocycles. The second-order valence-corrected chi connectivity index (χ2v) is 6.11. The van der Waals surface area contributed by atoms with E-state index in [1.54, 1.807) is 12.1 Å². The molecule has 21 heavy (non-hydrogen) atoms. The molecular formula is C16H22FN3O. The Morgan fingerprint density at radius 3 is 2.57 bits per heavy atom. The number of hydrogen-bond acceptors (Lipinski definition) is 4. The first-order valence-corrected chi connectivity index (χ1v) is 7.24. The minimum atomic E-state index is -0.241. The van der Waals surface area contributed by atoms with Crippen molar-refractivity contribution in [1.82, 2.24) is 10.1 Å². The number of nitrogens with two attached hydrogens (primary N) is 1. The molecule has 0 aliphatic rings. The fourth-order valence-corrected chi connectivity index (χ4v) is 2.21. The maximum absolute atomic E-state index is 12.8. The van der Waals surface area contributed by atoms with Crippen LogP contribution in [0.5, 0.6) is 0 Å². The monoisotopic (exact) mass is 291 g/mol. The molecule has 0 aliphatic carbocycles. The van der Waals surface area contributed by atoms with Gasteiger partial charge in [-0.25, -0.2) is 4.39 Å². The Kier molecular flexibility index (Phi) is 5.07. The van der Waals surface area contributed by atoms with Gasteiger partial charge < -0.3 is 10.3 Å². The minimum absolute atomic E-state index is 0.181. The van der Waals surface area contributed by atoms with Gasteiger partial charge in [0.25, 0.3) is 0 Å². The number of hydrogen-bond donors (Lipinski definition) is 1. The molecule has 2 N–H and O–H groups in total. The maximum Gasteiger partial charge on any atom is 0.226 e. The molecule has 0 amide bonds. The van der Waals surface area contributed by atoms with Crippen molar-refractivity contribution < 1.29 is 8.91 Å². The molecule has 0 unspecified atom stereocenters. The summed E-state index contributed by atoms with van der Waals surface area (Å²) in [7, 11) is 0. The van der Waals surface area contributed by atoms with E-state index in [1.807, 2.05) is 0 Å². The number of aryl methyl sites for hydroxylation is 1. The second kappa shape index (κ2) is 6.80. The fraction of sp³-hybridized carbons (Fsp3) is 0.500. The lowest BCUT2D eigenvalue weighted by Crippen LogP contribution is -2.17. The molecule has 4 nitrogen and oxygen atoms in total. The van der Waals surface area contributed by atoms with E-state index in [-0.39, 0.29) is 11.2 Å². The van der Waals surface area contributed by atoms with Crippen molar-refractivity contribution in [2.45, 2.75) is 39.5 Å². The van der Waals surface area contributed by atoms with Crippen LogP contribution < -0.4 is 5.73 Å². The molecule has 0 aliphatic heterocycles. The van der Waals surface area contributed by atoms with Crippen LogP contribution in [0.1, 0.15) is 44.0 Å². The van der Waals surface area contributed by atoms with E-state index in [9.17, 15) is 4.39 Å². The molecule has 114 valence electrons. The van der Waals surface area contributed by atoms with Crippen molar-refractivity contribution in [2.75, 3.05) is 6.54 Å². The summed E-state index contributed by atoms with van der Waals surface area (Å²) in [6.45, 7) is 5.07. The Bertz CT molecular complexity index is 563. The summed E-state index contributed by atoms with van der Waals surface area (Å²) < 4.78 is 18.1.